The lowest BCUT2D eigenvalue weighted by molar-refractivity contribution is -0.116. The molecular formula is C12H10Cl2O4. The van der Waals surface area contributed by atoms with Crippen molar-refractivity contribution in [3.05, 3.63) is 33.3 Å². The van der Waals surface area contributed by atoms with E-state index in [1.54, 1.807) is 0 Å². The summed E-state index contributed by atoms with van der Waals surface area (Å²) in [5.74, 6) is -1.51. The van der Waals surface area contributed by atoms with Gasteiger partial charge in [0.15, 0.2) is 5.78 Å². The summed E-state index contributed by atoms with van der Waals surface area (Å²) in [6.07, 6.45) is -0.315. The number of carbonyl (C=O) groups is 3. The van der Waals surface area contributed by atoms with Crippen LogP contribution in [0.1, 0.15) is 34.1 Å². The molecule has 6 heteroatoms. The molecule has 0 heterocycles. The number of halogens is 2. The highest BCUT2D eigenvalue weighted by atomic mass is 35.5. The van der Waals surface area contributed by atoms with Crippen LogP contribution in [0.25, 0.3) is 0 Å². The first-order chi connectivity index (χ1) is 8.38. The minimum absolute atomic E-state index is 0.0311. The first-order valence-electron chi connectivity index (χ1n) is 4.97. The standard InChI is InChI=1S/C12H10Cl2O4/c1-6(15)5-9(16)10-8(13)4-3-7(11(10)14)12(17)18-2/h3-4H,5H2,1-2H3. The van der Waals surface area contributed by atoms with Gasteiger partial charge in [0.05, 0.1) is 34.7 Å². The number of hydrogen-bond donors (Lipinski definition) is 0. The van der Waals surface area contributed by atoms with Crippen LogP contribution in [0.4, 0.5) is 0 Å². The lowest BCUT2D eigenvalue weighted by atomic mass is 10.0. The average Bonchev–Trinajstić information content (AvgIpc) is 2.27. The summed E-state index contributed by atoms with van der Waals surface area (Å²) >= 11 is 11.8. The maximum Gasteiger partial charge on any atom is 0.339 e. The summed E-state index contributed by atoms with van der Waals surface area (Å²) in [5, 5.41) is -0.000460. The van der Waals surface area contributed by atoms with Gasteiger partial charge in [-0.1, -0.05) is 23.2 Å². The second-order valence-corrected chi connectivity index (χ2v) is 4.36. The molecule has 0 atom stereocenters. The molecule has 4 nitrogen and oxygen atoms in total. The number of Topliss-reactive ketones (excluding diaryl/α,β-unsaturated/α-hetero) is 2. The molecule has 0 amide bonds. The van der Waals surface area contributed by atoms with Crippen molar-refractivity contribution in [3.8, 4) is 0 Å². The van der Waals surface area contributed by atoms with Crippen molar-refractivity contribution in [2.75, 3.05) is 7.11 Å². The zero-order valence-electron chi connectivity index (χ0n) is 9.75. The quantitative estimate of drug-likeness (QED) is 0.485. The SMILES string of the molecule is COC(=O)c1ccc(Cl)c(C(=O)CC(C)=O)c1Cl. The Balaban J connectivity index is 3.30. The predicted octanol–water partition coefficient (Wildman–Crippen LogP) is 2.94. The highest BCUT2D eigenvalue weighted by molar-refractivity contribution is 6.42. The Morgan fingerprint density at radius 3 is 2.33 bits per heavy atom. The van der Waals surface area contributed by atoms with E-state index in [0.29, 0.717) is 0 Å². The third-order valence-electron chi connectivity index (χ3n) is 2.18. The molecule has 0 spiro atoms. The smallest absolute Gasteiger partial charge is 0.339 e. The van der Waals surface area contributed by atoms with Crippen molar-refractivity contribution < 1.29 is 19.1 Å². The zero-order chi connectivity index (χ0) is 13.9. The molecule has 0 aliphatic rings. The fourth-order valence-corrected chi connectivity index (χ4v) is 2.05. The second kappa shape index (κ2) is 5.98. The lowest BCUT2D eigenvalue weighted by Crippen LogP contribution is -2.10. The van der Waals surface area contributed by atoms with Crippen molar-refractivity contribution in [1.29, 1.82) is 0 Å². The van der Waals surface area contributed by atoms with Crippen molar-refractivity contribution in [2.24, 2.45) is 0 Å². The molecule has 1 aromatic carbocycles. The topological polar surface area (TPSA) is 60.4 Å². The van der Waals surface area contributed by atoms with Gasteiger partial charge in [0.1, 0.15) is 5.78 Å². The highest BCUT2D eigenvalue weighted by Crippen LogP contribution is 2.29. The Labute approximate surface area is 114 Å². The predicted molar refractivity (Wildman–Crippen MR) is 67.4 cm³/mol. The first kappa shape index (κ1) is 14.7. The van der Waals surface area contributed by atoms with Gasteiger partial charge < -0.3 is 4.74 Å². The van der Waals surface area contributed by atoms with Crippen LogP contribution < -0.4 is 0 Å². The molecule has 0 N–H and O–H groups in total. The number of ether oxygens (including phenoxy) is 1. The molecule has 96 valence electrons. The van der Waals surface area contributed by atoms with Crippen LogP contribution in [0.2, 0.25) is 10.0 Å². The number of benzene rings is 1. The van der Waals surface area contributed by atoms with E-state index in [0.717, 1.165) is 0 Å². The van der Waals surface area contributed by atoms with Crippen LogP contribution in [0.5, 0.6) is 0 Å². The maximum absolute atomic E-state index is 11.8. The number of carbonyl (C=O) groups excluding carboxylic acids is 3. The van der Waals surface area contributed by atoms with Gasteiger partial charge >= 0.3 is 5.97 Å². The average molecular weight is 289 g/mol. The third-order valence-corrected chi connectivity index (χ3v) is 2.89. The first-order valence-corrected chi connectivity index (χ1v) is 5.73. The molecule has 0 fully saturated rings. The molecular weight excluding hydrogens is 279 g/mol. The van der Waals surface area contributed by atoms with Gasteiger partial charge in [0.25, 0.3) is 0 Å². The molecule has 0 saturated heterocycles. The number of hydrogen-bond acceptors (Lipinski definition) is 4. The number of methoxy groups -OCH3 is 1. The molecule has 0 saturated carbocycles. The summed E-state index contributed by atoms with van der Waals surface area (Å²) < 4.78 is 4.53. The molecule has 1 aromatic rings. The minimum Gasteiger partial charge on any atom is -0.465 e. The fraction of sp³-hybridized carbons (Fsp3) is 0.250. The van der Waals surface area contributed by atoms with Gasteiger partial charge in [-0.15, -0.1) is 0 Å². The van der Waals surface area contributed by atoms with Crippen LogP contribution >= 0.6 is 23.2 Å². The number of ketones is 2. The summed E-state index contributed by atoms with van der Waals surface area (Å²) in [5.41, 5.74) is 0.00639. The largest absolute Gasteiger partial charge is 0.465 e. The second-order valence-electron chi connectivity index (χ2n) is 3.58. The molecule has 0 aromatic heterocycles. The summed E-state index contributed by atoms with van der Waals surface area (Å²) in [6, 6.07) is 2.73. The molecule has 18 heavy (non-hydrogen) atoms. The molecule has 0 bridgehead atoms. The van der Waals surface area contributed by atoms with E-state index < -0.39 is 11.8 Å². The fourth-order valence-electron chi connectivity index (χ4n) is 1.39. The number of esters is 1. The van der Waals surface area contributed by atoms with E-state index in [9.17, 15) is 14.4 Å². The molecule has 0 unspecified atom stereocenters. The minimum atomic E-state index is -0.673. The summed E-state index contributed by atoms with van der Waals surface area (Å²) in [7, 11) is 1.20. The summed E-state index contributed by atoms with van der Waals surface area (Å²) in [4.78, 5) is 34.2. The van der Waals surface area contributed by atoms with Crippen LogP contribution in [-0.4, -0.2) is 24.6 Å². The third kappa shape index (κ3) is 3.09. The van der Waals surface area contributed by atoms with Crippen molar-refractivity contribution in [1.82, 2.24) is 0 Å². The van der Waals surface area contributed by atoms with Gasteiger partial charge in [0.2, 0.25) is 0 Å². The number of rotatable bonds is 4. The molecule has 0 aliphatic carbocycles. The van der Waals surface area contributed by atoms with Crippen LogP contribution in [0, 0.1) is 0 Å². The van der Waals surface area contributed by atoms with E-state index in [-0.39, 0.29) is 33.4 Å². The normalized spacial score (nSPS) is 10.0. The molecule has 0 aliphatic heterocycles. The van der Waals surface area contributed by atoms with Gasteiger partial charge in [-0.25, -0.2) is 4.79 Å². The molecule has 1 rings (SSSR count). The Hall–Kier alpha value is -1.39. The highest BCUT2D eigenvalue weighted by Gasteiger charge is 2.22. The Morgan fingerprint density at radius 2 is 1.83 bits per heavy atom. The summed E-state index contributed by atoms with van der Waals surface area (Å²) in [6.45, 7) is 1.28. The van der Waals surface area contributed by atoms with E-state index in [2.05, 4.69) is 4.74 Å². The van der Waals surface area contributed by atoms with Gasteiger partial charge in [-0.2, -0.15) is 0 Å². The van der Waals surface area contributed by atoms with E-state index in [1.807, 2.05) is 0 Å². The van der Waals surface area contributed by atoms with Gasteiger partial charge in [-0.3, -0.25) is 9.59 Å². The zero-order valence-corrected chi connectivity index (χ0v) is 11.3. The maximum atomic E-state index is 11.8. The Bertz CT molecular complexity index is 523. The van der Waals surface area contributed by atoms with Crippen molar-refractivity contribution in [2.45, 2.75) is 13.3 Å². The molecule has 0 radical (unpaired) electrons. The van der Waals surface area contributed by atoms with Crippen LogP contribution in [0.3, 0.4) is 0 Å². The Kier molecular flexibility index (Phi) is 4.87. The van der Waals surface area contributed by atoms with Crippen molar-refractivity contribution >= 4 is 40.7 Å². The van der Waals surface area contributed by atoms with Crippen LogP contribution in [-0.2, 0) is 9.53 Å². The van der Waals surface area contributed by atoms with E-state index in [1.165, 1.54) is 26.2 Å². The van der Waals surface area contributed by atoms with Gasteiger partial charge in [-0.05, 0) is 19.1 Å². The van der Waals surface area contributed by atoms with Crippen LogP contribution in [0.15, 0.2) is 12.1 Å². The van der Waals surface area contributed by atoms with Crippen molar-refractivity contribution in [3.63, 3.8) is 0 Å². The Morgan fingerprint density at radius 1 is 1.22 bits per heavy atom. The monoisotopic (exact) mass is 288 g/mol. The van der Waals surface area contributed by atoms with Gasteiger partial charge in [0, 0.05) is 0 Å². The van der Waals surface area contributed by atoms with E-state index >= 15 is 0 Å². The van der Waals surface area contributed by atoms with E-state index in [4.69, 9.17) is 23.2 Å². The lowest BCUT2D eigenvalue weighted by Gasteiger charge is -2.08.